The molecule has 2 aromatic carbocycles. The van der Waals surface area contributed by atoms with Gasteiger partial charge in [-0.1, -0.05) is 48.5 Å². The molecule has 1 aromatic heterocycles. The fraction of sp³-hybridized carbons (Fsp3) is 0.320. The number of rotatable bonds is 5. The molecule has 0 bridgehead atoms. The van der Waals surface area contributed by atoms with Gasteiger partial charge in [-0.3, -0.25) is 9.59 Å². The van der Waals surface area contributed by atoms with E-state index in [1.54, 1.807) is 19.0 Å². The molecule has 0 spiro atoms. The van der Waals surface area contributed by atoms with Crippen LogP contribution in [0.3, 0.4) is 0 Å². The van der Waals surface area contributed by atoms with E-state index in [0.717, 1.165) is 22.9 Å². The second-order valence-corrected chi connectivity index (χ2v) is 8.00. The normalized spacial score (nSPS) is 16.3. The first-order chi connectivity index (χ1) is 15.0. The molecule has 0 aliphatic carbocycles. The number of hydrogen-bond acceptors (Lipinski definition) is 4. The number of morpholine rings is 1. The predicted molar refractivity (Wildman–Crippen MR) is 120 cm³/mol. The van der Waals surface area contributed by atoms with E-state index in [1.165, 1.54) is 0 Å². The van der Waals surface area contributed by atoms with Crippen molar-refractivity contribution in [1.82, 2.24) is 14.8 Å². The highest BCUT2D eigenvalue weighted by Crippen LogP contribution is 2.27. The van der Waals surface area contributed by atoms with Gasteiger partial charge in [0.05, 0.1) is 29.9 Å². The minimum Gasteiger partial charge on any atom is -0.368 e. The summed E-state index contributed by atoms with van der Waals surface area (Å²) in [4.78, 5) is 33.8. The van der Waals surface area contributed by atoms with E-state index in [1.807, 2.05) is 65.6 Å². The van der Waals surface area contributed by atoms with E-state index in [-0.39, 0.29) is 17.9 Å². The molecule has 160 valence electrons. The van der Waals surface area contributed by atoms with Crippen LogP contribution in [0.2, 0.25) is 0 Å². The van der Waals surface area contributed by atoms with Crippen molar-refractivity contribution in [3.8, 4) is 0 Å². The van der Waals surface area contributed by atoms with Crippen LogP contribution >= 0.6 is 0 Å². The molecule has 1 atom stereocenters. The van der Waals surface area contributed by atoms with Crippen molar-refractivity contribution in [3.05, 3.63) is 77.5 Å². The molecule has 31 heavy (non-hydrogen) atoms. The van der Waals surface area contributed by atoms with Crippen LogP contribution in [0.5, 0.6) is 0 Å². The molecule has 0 unspecified atom stereocenters. The number of benzene rings is 2. The monoisotopic (exact) mass is 417 g/mol. The lowest BCUT2D eigenvalue weighted by atomic mass is 10.0. The topological polar surface area (TPSA) is 62.7 Å². The van der Waals surface area contributed by atoms with Crippen LogP contribution in [-0.2, 0) is 16.0 Å². The maximum Gasteiger partial charge on any atom is 0.254 e. The average Bonchev–Trinajstić information content (AvgIpc) is 2.82. The summed E-state index contributed by atoms with van der Waals surface area (Å²) < 4.78 is 5.97. The lowest BCUT2D eigenvalue weighted by Gasteiger charge is -2.33. The Morgan fingerprint density at radius 1 is 1.10 bits per heavy atom. The number of para-hydroxylation sites is 1. The first-order valence-corrected chi connectivity index (χ1v) is 10.6. The molecule has 3 aromatic rings. The van der Waals surface area contributed by atoms with Gasteiger partial charge < -0.3 is 14.5 Å². The molecule has 1 aliphatic rings. The molecule has 2 heterocycles. The van der Waals surface area contributed by atoms with Crippen LogP contribution in [-0.4, -0.2) is 60.4 Å². The van der Waals surface area contributed by atoms with Gasteiger partial charge in [0.15, 0.2) is 0 Å². The van der Waals surface area contributed by atoms with Gasteiger partial charge >= 0.3 is 0 Å². The van der Waals surface area contributed by atoms with Crippen molar-refractivity contribution in [1.29, 1.82) is 0 Å². The van der Waals surface area contributed by atoms with Crippen LogP contribution < -0.4 is 0 Å². The lowest BCUT2D eigenvalue weighted by molar-refractivity contribution is -0.139. The first kappa shape index (κ1) is 21.0. The van der Waals surface area contributed by atoms with Gasteiger partial charge in [0.1, 0.15) is 6.10 Å². The molecule has 0 radical (unpaired) electrons. The van der Waals surface area contributed by atoms with Gasteiger partial charge in [-0.2, -0.15) is 0 Å². The minimum atomic E-state index is -0.354. The summed E-state index contributed by atoms with van der Waals surface area (Å²) in [5.74, 6) is 0.0361. The van der Waals surface area contributed by atoms with Crippen molar-refractivity contribution in [2.75, 3.05) is 33.8 Å². The van der Waals surface area contributed by atoms with Gasteiger partial charge in [0, 0.05) is 32.4 Å². The fourth-order valence-electron chi connectivity index (χ4n) is 3.89. The number of aromatic nitrogens is 1. The largest absolute Gasteiger partial charge is 0.368 e. The molecule has 0 saturated carbocycles. The molecule has 0 N–H and O–H groups in total. The number of ether oxygens (including phenoxy) is 1. The maximum atomic E-state index is 12.8. The van der Waals surface area contributed by atoms with E-state index < -0.39 is 0 Å². The highest BCUT2D eigenvalue weighted by atomic mass is 16.5. The summed E-state index contributed by atoms with van der Waals surface area (Å²) >= 11 is 0. The van der Waals surface area contributed by atoms with Crippen LogP contribution in [0.15, 0.2) is 60.7 Å². The Morgan fingerprint density at radius 3 is 2.61 bits per heavy atom. The van der Waals surface area contributed by atoms with E-state index in [0.29, 0.717) is 37.4 Å². The lowest BCUT2D eigenvalue weighted by Crippen LogP contribution is -2.42. The zero-order valence-electron chi connectivity index (χ0n) is 18.0. The Hall–Kier alpha value is -3.25. The van der Waals surface area contributed by atoms with Crippen molar-refractivity contribution in [2.45, 2.75) is 18.9 Å². The Morgan fingerprint density at radius 2 is 1.84 bits per heavy atom. The van der Waals surface area contributed by atoms with Crippen LogP contribution in [0, 0.1) is 0 Å². The Labute approximate surface area is 182 Å². The number of pyridine rings is 1. The Bertz CT molecular complexity index is 1080. The minimum absolute atomic E-state index is 0.0774. The van der Waals surface area contributed by atoms with Gasteiger partial charge in [0.2, 0.25) is 5.91 Å². The molecule has 6 heteroatoms. The quantitative estimate of drug-likeness (QED) is 0.638. The third-order valence-electron chi connectivity index (χ3n) is 5.59. The molecule has 1 saturated heterocycles. The number of carbonyl (C=O) groups is 2. The second-order valence-electron chi connectivity index (χ2n) is 8.00. The summed E-state index contributed by atoms with van der Waals surface area (Å²) in [6.45, 7) is 1.46. The Balaban J connectivity index is 1.53. The first-order valence-electron chi connectivity index (χ1n) is 10.6. The molecular weight excluding hydrogens is 390 g/mol. The molecule has 4 rings (SSSR count). The highest BCUT2D eigenvalue weighted by molar-refractivity contribution is 6.06. The predicted octanol–water partition coefficient (Wildman–Crippen LogP) is 3.47. The molecule has 6 nitrogen and oxygen atoms in total. The molecule has 2 amide bonds. The zero-order valence-corrected chi connectivity index (χ0v) is 18.0. The van der Waals surface area contributed by atoms with E-state index in [4.69, 9.17) is 9.72 Å². The number of fused-ring (bicyclic) bond motifs is 1. The van der Waals surface area contributed by atoms with E-state index in [2.05, 4.69) is 0 Å². The Kier molecular flexibility index (Phi) is 6.28. The van der Waals surface area contributed by atoms with E-state index >= 15 is 0 Å². The van der Waals surface area contributed by atoms with Crippen molar-refractivity contribution < 1.29 is 14.3 Å². The molecule has 1 fully saturated rings. The SMILES string of the molecule is CN(C)C(=O)c1cc([C@H]2CN(C(=O)CCc3ccccc3)CCO2)nc2ccccc12. The number of carbonyl (C=O) groups excluding carboxylic acids is 2. The summed E-state index contributed by atoms with van der Waals surface area (Å²) in [5, 5.41) is 0.816. The number of aryl methyl sites for hydroxylation is 1. The van der Waals surface area contributed by atoms with Crippen LogP contribution in [0.1, 0.15) is 34.1 Å². The number of nitrogens with zero attached hydrogens (tertiary/aromatic N) is 3. The number of hydrogen-bond donors (Lipinski definition) is 0. The third kappa shape index (κ3) is 4.75. The second kappa shape index (κ2) is 9.27. The molecule has 1 aliphatic heterocycles. The maximum absolute atomic E-state index is 12.8. The average molecular weight is 418 g/mol. The summed E-state index contributed by atoms with van der Waals surface area (Å²) in [6.07, 6.45) is 0.830. The fourth-order valence-corrected chi connectivity index (χ4v) is 3.89. The highest BCUT2D eigenvalue weighted by Gasteiger charge is 2.27. The third-order valence-corrected chi connectivity index (χ3v) is 5.59. The molecular formula is C25H27N3O3. The van der Waals surface area contributed by atoms with Crippen molar-refractivity contribution in [2.24, 2.45) is 0 Å². The number of amides is 2. The van der Waals surface area contributed by atoms with Gasteiger partial charge in [-0.25, -0.2) is 4.98 Å². The van der Waals surface area contributed by atoms with Gasteiger partial charge in [0.25, 0.3) is 5.91 Å². The van der Waals surface area contributed by atoms with Gasteiger partial charge in [-0.15, -0.1) is 0 Å². The van der Waals surface area contributed by atoms with E-state index in [9.17, 15) is 9.59 Å². The smallest absolute Gasteiger partial charge is 0.254 e. The van der Waals surface area contributed by atoms with Gasteiger partial charge in [-0.05, 0) is 24.1 Å². The standard InChI is InChI=1S/C25H27N3O3/c1-27(2)25(30)20-16-22(26-21-11-7-6-10-19(20)21)23-17-28(14-15-31-23)24(29)13-12-18-8-4-3-5-9-18/h3-11,16,23H,12-15,17H2,1-2H3/t23-/m1/s1. The van der Waals surface area contributed by atoms with Crippen molar-refractivity contribution in [3.63, 3.8) is 0 Å². The van der Waals surface area contributed by atoms with Crippen molar-refractivity contribution >= 4 is 22.7 Å². The van der Waals surface area contributed by atoms with Crippen LogP contribution in [0.4, 0.5) is 0 Å². The zero-order chi connectivity index (χ0) is 21.8. The van der Waals surface area contributed by atoms with Crippen LogP contribution in [0.25, 0.3) is 10.9 Å². The summed E-state index contributed by atoms with van der Waals surface area (Å²) in [6, 6.07) is 19.5. The summed E-state index contributed by atoms with van der Waals surface area (Å²) in [5.41, 5.74) is 3.19. The summed E-state index contributed by atoms with van der Waals surface area (Å²) in [7, 11) is 3.48.